The second-order valence-corrected chi connectivity index (χ2v) is 7.91. The number of carbonyl (C=O) groups is 2. The van der Waals surface area contributed by atoms with Crippen LogP contribution in [0.4, 0.5) is 4.79 Å². The zero-order valence-electron chi connectivity index (χ0n) is 14.6. The molecule has 2 N–H and O–H groups in total. The molecule has 132 valence electrons. The van der Waals surface area contributed by atoms with Gasteiger partial charge in [0.05, 0.1) is 12.0 Å². The van der Waals surface area contributed by atoms with E-state index < -0.39 is 17.1 Å². The lowest BCUT2D eigenvalue weighted by molar-refractivity contribution is -0.141. The van der Waals surface area contributed by atoms with Crippen LogP contribution in [0.3, 0.4) is 0 Å². The highest BCUT2D eigenvalue weighted by Gasteiger charge is 2.48. The first-order valence-corrected chi connectivity index (χ1v) is 8.25. The summed E-state index contributed by atoms with van der Waals surface area (Å²) in [6.45, 7) is 8.28. The predicted molar refractivity (Wildman–Crippen MR) is 86.4 cm³/mol. The summed E-state index contributed by atoms with van der Waals surface area (Å²) in [7, 11) is 2.09. The van der Waals surface area contributed by atoms with Gasteiger partial charge in [-0.25, -0.2) is 4.79 Å². The Morgan fingerprint density at radius 3 is 2.30 bits per heavy atom. The SMILES string of the molecule is CN1CCC(NC2(CC(=O)O)CN(C(=O)OC(C)(C)C)C2)CC1. The number of piperidine rings is 1. The lowest BCUT2D eigenvalue weighted by atomic mass is 9.84. The van der Waals surface area contributed by atoms with E-state index in [9.17, 15) is 14.7 Å². The standard InChI is InChI=1S/C16H29N3O4/c1-15(2,3)23-14(22)19-10-16(11-19,9-13(20)21)17-12-5-7-18(4)8-6-12/h12,17H,5-11H2,1-4H3,(H,20,21). The molecule has 2 aliphatic heterocycles. The Morgan fingerprint density at radius 2 is 1.83 bits per heavy atom. The number of nitrogens with zero attached hydrogens (tertiary/aromatic N) is 2. The van der Waals surface area contributed by atoms with Gasteiger partial charge in [-0.2, -0.15) is 0 Å². The molecule has 7 heteroatoms. The van der Waals surface area contributed by atoms with E-state index in [0.717, 1.165) is 25.9 Å². The molecule has 7 nitrogen and oxygen atoms in total. The summed E-state index contributed by atoms with van der Waals surface area (Å²) in [5.74, 6) is -0.839. The minimum atomic E-state index is -0.839. The van der Waals surface area contributed by atoms with Gasteiger partial charge >= 0.3 is 12.1 Å². The summed E-state index contributed by atoms with van der Waals surface area (Å²) in [4.78, 5) is 27.1. The Hall–Kier alpha value is -1.34. The first-order valence-electron chi connectivity index (χ1n) is 8.25. The number of carboxylic acids is 1. The summed E-state index contributed by atoms with van der Waals surface area (Å²) in [6.07, 6.45) is 1.66. The van der Waals surface area contributed by atoms with E-state index in [2.05, 4.69) is 17.3 Å². The van der Waals surface area contributed by atoms with E-state index in [0.29, 0.717) is 19.1 Å². The average molecular weight is 327 g/mol. The molecule has 2 aliphatic rings. The lowest BCUT2D eigenvalue weighted by Crippen LogP contribution is -2.73. The van der Waals surface area contributed by atoms with Gasteiger partial charge in [0.1, 0.15) is 5.60 Å². The van der Waals surface area contributed by atoms with Crippen LogP contribution in [0.5, 0.6) is 0 Å². The van der Waals surface area contributed by atoms with Crippen molar-refractivity contribution >= 4 is 12.1 Å². The summed E-state index contributed by atoms with van der Waals surface area (Å²) in [6, 6.07) is 0.311. The van der Waals surface area contributed by atoms with Gasteiger partial charge in [-0.1, -0.05) is 0 Å². The fourth-order valence-electron chi connectivity index (χ4n) is 3.27. The topological polar surface area (TPSA) is 82.1 Å². The second kappa shape index (κ2) is 6.65. The van der Waals surface area contributed by atoms with Crippen molar-refractivity contribution in [3.63, 3.8) is 0 Å². The van der Waals surface area contributed by atoms with Gasteiger partial charge in [-0.3, -0.25) is 4.79 Å². The van der Waals surface area contributed by atoms with E-state index in [1.807, 2.05) is 20.8 Å². The number of carboxylic acid groups (broad SMARTS) is 1. The van der Waals surface area contributed by atoms with Gasteiger partial charge < -0.3 is 25.0 Å². The molecule has 23 heavy (non-hydrogen) atoms. The first kappa shape index (κ1) is 18.0. The molecule has 0 unspecified atom stereocenters. The summed E-state index contributed by atoms with van der Waals surface area (Å²) in [5.41, 5.74) is -1.06. The van der Waals surface area contributed by atoms with Crippen LogP contribution in [-0.4, -0.2) is 77.4 Å². The van der Waals surface area contributed by atoms with Crippen molar-refractivity contribution < 1.29 is 19.4 Å². The number of nitrogens with one attached hydrogen (secondary N) is 1. The largest absolute Gasteiger partial charge is 0.481 e. The molecule has 1 amide bonds. The Morgan fingerprint density at radius 1 is 1.26 bits per heavy atom. The molecule has 2 saturated heterocycles. The van der Waals surface area contributed by atoms with Crippen molar-refractivity contribution in [1.82, 2.24) is 15.1 Å². The van der Waals surface area contributed by atoms with Crippen LogP contribution < -0.4 is 5.32 Å². The fraction of sp³-hybridized carbons (Fsp3) is 0.875. The van der Waals surface area contributed by atoms with Gasteiger partial charge in [0.25, 0.3) is 0 Å². The number of hydrogen-bond acceptors (Lipinski definition) is 5. The van der Waals surface area contributed by atoms with Gasteiger partial charge in [0, 0.05) is 19.1 Å². The predicted octanol–water partition coefficient (Wildman–Crippen LogP) is 1.13. The maximum absolute atomic E-state index is 12.1. The van der Waals surface area contributed by atoms with Gasteiger partial charge in [0.15, 0.2) is 0 Å². The molecule has 2 rings (SSSR count). The highest BCUT2D eigenvalue weighted by atomic mass is 16.6. The molecular formula is C16H29N3O4. The number of aliphatic carboxylic acids is 1. The molecule has 0 aliphatic carbocycles. The third kappa shape index (κ3) is 5.07. The molecule has 0 saturated carbocycles. The van der Waals surface area contributed by atoms with E-state index in [4.69, 9.17) is 4.74 Å². The van der Waals surface area contributed by atoms with Crippen LogP contribution in [0.15, 0.2) is 0 Å². The Labute approximate surface area is 138 Å². The summed E-state index contributed by atoms with van der Waals surface area (Å²) in [5, 5.41) is 12.7. The molecule has 0 aromatic carbocycles. The van der Waals surface area contributed by atoms with Crippen LogP contribution in [0.2, 0.25) is 0 Å². The number of ether oxygens (including phenoxy) is 1. The maximum Gasteiger partial charge on any atom is 0.410 e. The highest BCUT2D eigenvalue weighted by Crippen LogP contribution is 2.28. The van der Waals surface area contributed by atoms with E-state index in [-0.39, 0.29) is 12.5 Å². The minimum absolute atomic E-state index is 0.0264. The van der Waals surface area contributed by atoms with Gasteiger partial charge in [0.2, 0.25) is 0 Å². The van der Waals surface area contributed by atoms with Crippen LogP contribution in [-0.2, 0) is 9.53 Å². The summed E-state index contributed by atoms with van der Waals surface area (Å²) < 4.78 is 5.35. The van der Waals surface area contributed by atoms with E-state index in [1.165, 1.54) is 0 Å². The summed E-state index contributed by atoms with van der Waals surface area (Å²) >= 11 is 0. The first-order chi connectivity index (χ1) is 10.6. The average Bonchev–Trinajstić information content (AvgIpc) is 2.35. The Kier molecular flexibility index (Phi) is 5.20. The molecule has 0 aromatic heterocycles. The van der Waals surface area contributed by atoms with Crippen molar-refractivity contribution in [2.45, 2.75) is 57.2 Å². The third-order valence-corrected chi connectivity index (χ3v) is 4.36. The van der Waals surface area contributed by atoms with Crippen LogP contribution in [0, 0.1) is 0 Å². The third-order valence-electron chi connectivity index (χ3n) is 4.36. The molecule has 0 atom stereocenters. The minimum Gasteiger partial charge on any atom is -0.481 e. The lowest BCUT2D eigenvalue weighted by Gasteiger charge is -2.51. The quantitative estimate of drug-likeness (QED) is 0.806. The van der Waals surface area contributed by atoms with E-state index >= 15 is 0 Å². The maximum atomic E-state index is 12.1. The van der Waals surface area contributed by atoms with Crippen LogP contribution in [0.25, 0.3) is 0 Å². The zero-order chi connectivity index (χ0) is 17.3. The van der Waals surface area contributed by atoms with Crippen molar-refractivity contribution in [2.75, 3.05) is 33.2 Å². The number of amides is 1. The van der Waals surface area contributed by atoms with E-state index in [1.54, 1.807) is 4.90 Å². The number of carbonyl (C=O) groups excluding carboxylic acids is 1. The molecule has 0 aromatic rings. The van der Waals surface area contributed by atoms with Crippen molar-refractivity contribution in [2.24, 2.45) is 0 Å². The van der Waals surface area contributed by atoms with Gasteiger partial charge in [-0.15, -0.1) is 0 Å². The second-order valence-electron chi connectivity index (χ2n) is 7.91. The zero-order valence-corrected chi connectivity index (χ0v) is 14.6. The number of hydrogen-bond donors (Lipinski definition) is 2. The normalized spacial score (nSPS) is 22.5. The molecule has 0 radical (unpaired) electrons. The van der Waals surface area contributed by atoms with Crippen LogP contribution in [0.1, 0.15) is 40.0 Å². The van der Waals surface area contributed by atoms with Crippen molar-refractivity contribution in [3.05, 3.63) is 0 Å². The van der Waals surface area contributed by atoms with Crippen molar-refractivity contribution in [3.8, 4) is 0 Å². The highest BCUT2D eigenvalue weighted by molar-refractivity contribution is 5.73. The number of rotatable bonds is 4. The van der Waals surface area contributed by atoms with Crippen LogP contribution >= 0.6 is 0 Å². The molecule has 2 fully saturated rings. The molecular weight excluding hydrogens is 298 g/mol. The van der Waals surface area contributed by atoms with Crippen molar-refractivity contribution in [1.29, 1.82) is 0 Å². The number of likely N-dealkylation sites (tertiary alicyclic amines) is 2. The fourth-order valence-corrected chi connectivity index (χ4v) is 3.27. The smallest absolute Gasteiger partial charge is 0.410 e. The molecule has 2 heterocycles. The monoisotopic (exact) mass is 327 g/mol. The van der Waals surface area contributed by atoms with Gasteiger partial charge in [-0.05, 0) is 53.8 Å². The Bertz CT molecular complexity index is 447. The molecule has 0 spiro atoms. The molecule has 0 bridgehead atoms. The Balaban J connectivity index is 1.92.